The summed E-state index contributed by atoms with van der Waals surface area (Å²) in [5.74, 6) is 0.539. The molecule has 1 heterocycles. The van der Waals surface area contributed by atoms with Gasteiger partial charge >= 0.3 is 0 Å². The number of rotatable bonds is 5. The molecular formula is C8H12N2O2. The minimum Gasteiger partial charge on any atom is -0.474 e. The van der Waals surface area contributed by atoms with E-state index < -0.39 is 0 Å². The van der Waals surface area contributed by atoms with E-state index in [-0.39, 0.29) is 0 Å². The van der Waals surface area contributed by atoms with Crippen LogP contribution in [0.1, 0.15) is 6.92 Å². The van der Waals surface area contributed by atoms with Gasteiger partial charge in [0.15, 0.2) is 0 Å². The van der Waals surface area contributed by atoms with Gasteiger partial charge < -0.3 is 9.47 Å². The lowest BCUT2D eigenvalue weighted by Gasteiger charge is -2.02. The molecule has 0 aliphatic heterocycles. The highest BCUT2D eigenvalue weighted by Crippen LogP contribution is 2.00. The van der Waals surface area contributed by atoms with Crippen LogP contribution < -0.4 is 4.74 Å². The molecule has 12 heavy (non-hydrogen) atoms. The number of hydrogen-bond donors (Lipinski definition) is 0. The van der Waals surface area contributed by atoms with E-state index in [1.54, 1.807) is 18.3 Å². The van der Waals surface area contributed by atoms with Gasteiger partial charge in [-0.3, -0.25) is 0 Å². The van der Waals surface area contributed by atoms with Crippen LogP contribution in [0.15, 0.2) is 18.3 Å². The van der Waals surface area contributed by atoms with Crippen molar-refractivity contribution >= 4 is 0 Å². The van der Waals surface area contributed by atoms with E-state index in [1.807, 2.05) is 6.92 Å². The summed E-state index contributed by atoms with van der Waals surface area (Å²) in [6.45, 7) is 3.77. The van der Waals surface area contributed by atoms with Gasteiger partial charge in [0.25, 0.3) is 0 Å². The topological polar surface area (TPSA) is 44.2 Å². The van der Waals surface area contributed by atoms with Crippen LogP contribution in [-0.4, -0.2) is 30.0 Å². The maximum Gasteiger partial charge on any atom is 0.233 e. The van der Waals surface area contributed by atoms with E-state index in [0.717, 1.165) is 0 Å². The molecule has 0 radical (unpaired) electrons. The van der Waals surface area contributed by atoms with E-state index in [1.165, 1.54) is 0 Å². The number of ether oxygens (including phenoxy) is 2. The molecule has 1 aromatic heterocycles. The van der Waals surface area contributed by atoms with E-state index in [0.29, 0.717) is 25.7 Å². The lowest BCUT2D eigenvalue weighted by atomic mass is 10.6. The second-order valence-electron chi connectivity index (χ2n) is 2.11. The first-order valence-corrected chi connectivity index (χ1v) is 3.91. The molecule has 0 aromatic carbocycles. The molecule has 0 atom stereocenters. The van der Waals surface area contributed by atoms with Crippen molar-refractivity contribution < 1.29 is 9.47 Å². The third-order valence-corrected chi connectivity index (χ3v) is 1.23. The van der Waals surface area contributed by atoms with Crippen LogP contribution in [0.5, 0.6) is 5.88 Å². The summed E-state index contributed by atoms with van der Waals surface area (Å²) in [6.07, 6.45) is 1.61. The van der Waals surface area contributed by atoms with Crippen molar-refractivity contribution in [3.63, 3.8) is 0 Å². The fraction of sp³-hybridized carbons (Fsp3) is 0.500. The third kappa shape index (κ3) is 3.30. The fourth-order valence-electron chi connectivity index (χ4n) is 0.714. The Morgan fingerprint density at radius 2 is 2.33 bits per heavy atom. The minimum atomic E-state index is 0.520. The zero-order valence-corrected chi connectivity index (χ0v) is 7.06. The first-order valence-electron chi connectivity index (χ1n) is 3.91. The summed E-state index contributed by atoms with van der Waals surface area (Å²) in [5.41, 5.74) is 0. The van der Waals surface area contributed by atoms with Gasteiger partial charge in [-0.2, -0.15) is 5.10 Å². The molecule has 1 rings (SSSR count). The van der Waals surface area contributed by atoms with Gasteiger partial charge in [0.2, 0.25) is 5.88 Å². The molecule has 4 heteroatoms. The molecule has 0 aliphatic carbocycles. The van der Waals surface area contributed by atoms with Crippen molar-refractivity contribution in [2.45, 2.75) is 6.92 Å². The van der Waals surface area contributed by atoms with E-state index >= 15 is 0 Å². The van der Waals surface area contributed by atoms with Crippen LogP contribution in [0.3, 0.4) is 0 Å². The highest BCUT2D eigenvalue weighted by Gasteiger charge is 1.92. The Kier molecular flexibility index (Phi) is 4.08. The van der Waals surface area contributed by atoms with Gasteiger partial charge in [0, 0.05) is 18.9 Å². The number of hydrogen-bond acceptors (Lipinski definition) is 4. The maximum atomic E-state index is 5.21. The molecule has 0 aliphatic rings. The summed E-state index contributed by atoms with van der Waals surface area (Å²) in [7, 11) is 0. The lowest BCUT2D eigenvalue weighted by molar-refractivity contribution is 0.108. The average Bonchev–Trinajstić information content (AvgIpc) is 2.14. The van der Waals surface area contributed by atoms with Gasteiger partial charge in [-0.15, -0.1) is 5.10 Å². The van der Waals surface area contributed by atoms with Gasteiger partial charge in [-0.05, 0) is 13.0 Å². The van der Waals surface area contributed by atoms with Crippen molar-refractivity contribution in [1.29, 1.82) is 0 Å². The van der Waals surface area contributed by atoms with Crippen LogP contribution in [0.4, 0.5) is 0 Å². The van der Waals surface area contributed by atoms with Crippen LogP contribution in [-0.2, 0) is 4.74 Å². The molecule has 0 saturated carbocycles. The van der Waals surface area contributed by atoms with Gasteiger partial charge in [0.05, 0.1) is 6.61 Å². The molecule has 0 amide bonds. The highest BCUT2D eigenvalue weighted by molar-refractivity contribution is 5.04. The molecular weight excluding hydrogens is 156 g/mol. The van der Waals surface area contributed by atoms with Crippen LogP contribution in [0.2, 0.25) is 0 Å². The molecule has 4 nitrogen and oxygen atoms in total. The van der Waals surface area contributed by atoms with Crippen molar-refractivity contribution in [2.24, 2.45) is 0 Å². The maximum absolute atomic E-state index is 5.21. The smallest absolute Gasteiger partial charge is 0.233 e. The Hall–Kier alpha value is -1.16. The lowest BCUT2D eigenvalue weighted by Crippen LogP contribution is -2.07. The molecule has 0 bridgehead atoms. The Bertz CT molecular complexity index is 203. The number of aromatic nitrogens is 2. The Morgan fingerprint density at radius 1 is 1.42 bits per heavy atom. The molecule has 0 saturated heterocycles. The predicted molar refractivity (Wildman–Crippen MR) is 44.0 cm³/mol. The molecule has 0 fully saturated rings. The highest BCUT2D eigenvalue weighted by atomic mass is 16.5. The molecule has 1 aromatic rings. The summed E-state index contributed by atoms with van der Waals surface area (Å²) in [4.78, 5) is 0. The predicted octanol–water partition coefficient (Wildman–Crippen LogP) is 0.892. The first kappa shape index (κ1) is 8.93. The van der Waals surface area contributed by atoms with Crippen LogP contribution in [0, 0.1) is 0 Å². The normalized spacial score (nSPS) is 9.75. The number of nitrogens with zero attached hydrogens (tertiary/aromatic N) is 2. The monoisotopic (exact) mass is 168 g/mol. The Morgan fingerprint density at radius 3 is 3.00 bits per heavy atom. The van der Waals surface area contributed by atoms with Crippen LogP contribution in [0.25, 0.3) is 0 Å². The Labute approximate surface area is 71.5 Å². The minimum absolute atomic E-state index is 0.520. The van der Waals surface area contributed by atoms with E-state index in [9.17, 15) is 0 Å². The van der Waals surface area contributed by atoms with Crippen molar-refractivity contribution in [2.75, 3.05) is 19.8 Å². The average molecular weight is 168 g/mol. The summed E-state index contributed by atoms with van der Waals surface area (Å²) < 4.78 is 10.3. The fourth-order valence-corrected chi connectivity index (χ4v) is 0.714. The first-order chi connectivity index (χ1) is 5.93. The zero-order chi connectivity index (χ0) is 8.65. The van der Waals surface area contributed by atoms with Crippen molar-refractivity contribution in [3.8, 4) is 5.88 Å². The third-order valence-electron chi connectivity index (χ3n) is 1.23. The summed E-state index contributed by atoms with van der Waals surface area (Å²) >= 11 is 0. The largest absolute Gasteiger partial charge is 0.474 e. The second kappa shape index (κ2) is 5.49. The molecule has 0 N–H and O–H groups in total. The standard InChI is InChI=1S/C8H12N2O2/c1-2-11-6-7-12-8-4-3-5-9-10-8/h3-5H,2,6-7H2,1H3. The van der Waals surface area contributed by atoms with Crippen LogP contribution >= 0.6 is 0 Å². The Balaban J connectivity index is 2.16. The van der Waals surface area contributed by atoms with Gasteiger partial charge in [-0.1, -0.05) is 0 Å². The molecule has 0 spiro atoms. The second-order valence-corrected chi connectivity index (χ2v) is 2.11. The SMILES string of the molecule is CCOCCOc1cccnn1. The molecule has 66 valence electrons. The van der Waals surface area contributed by atoms with Gasteiger partial charge in [0.1, 0.15) is 6.61 Å². The van der Waals surface area contributed by atoms with Crippen molar-refractivity contribution in [3.05, 3.63) is 18.3 Å². The van der Waals surface area contributed by atoms with Crippen molar-refractivity contribution in [1.82, 2.24) is 10.2 Å². The summed E-state index contributed by atoms with van der Waals surface area (Å²) in [5, 5.41) is 7.42. The van der Waals surface area contributed by atoms with Gasteiger partial charge in [-0.25, -0.2) is 0 Å². The zero-order valence-electron chi connectivity index (χ0n) is 7.06. The molecule has 0 unspecified atom stereocenters. The van der Waals surface area contributed by atoms with E-state index in [2.05, 4.69) is 10.2 Å². The quantitative estimate of drug-likeness (QED) is 0.612. The summed E-state index contributed by atoms with van der Waals surface area (Å²) in [6, 6.07) is 3.54. The van der Waals surface area contributed by atoms with E-state index in [4.69, 9.17) is 9.47 Å².